The number of nitrogen functional groups attached to an aromatic ring is 1. The lowest BCUT2D eigenvalue weighted by Gasteiger charge is -2.06. The smallest absolute Gasteiger partial charge is 0.346 e. The normalized spacial score (nSPS) is 10.5. The highest BCUT2D eigenvalue weighted by molar-refractivity contribution is 5.94. The lowest BCUT2D eigenvalue weighted by molar-refractivity contribution is 0.0473. The highest BCUT2D eigenvalue weighted by Crippen LogP contribution is 2.20. The molecule has 0 atom stereocenters. The molecule has 5 nitrogen and oxygen atoms in total. The zero-order valence-corrected chi connectivity index (χ0v) is 12.7. The first kappa shape index (κ1) is 14.8. The Labute approximate surface area is 133 Å². The van der Waals surface area contributed by atoms with Crippen LogP contribution in [0.3, 0.4) is 0 Å². The van der Waals surface area contributed by atoms with Crippen LogP contribution in [0.4, 0.5) is 5.88 Å². The van der Waals surface area contributed by atoms with Gasteiger partial charge in [-0.05, 0) is 23.6 Å². The summed E-state index contributed by atoms with van der Waals surface area (Å²) < 4.78 is 10.0. The SMILES string of the molecule is Cc1noc(N)c1C(=O)OCc1ccc(-c2ccccc2)cc1. The average molecular weight is 308 g/mol. The Kier molecular flexibility index (Phi) is 4.10. The number of hydrogen-bond acceptors (Lipinski definition) is 5. The van der Waals surface area contributed by atoms with Crippen LogP contribution in [0.15, 0.2) is 59.1 Å². The fourth-order valence-electron chi connectivity index (χ4n) is 2.28. The molecule has 0 aliphatic carbocycles. The zero-order chi connectivity index (χ0) is 16.2. The maximum Gasteiger partial charge on any atom is 0.346 e. The quantitative estimate of drug-likeness (QED) is 0.745. The minimum Gasteiger partial charge on any atom is -0.457 e. The monoisotopic (exact) mass is 308 g/mol. The van der Waals surface area contributed by atoms with Gasteiger partial charge in [0, 0.05) is 0 Å². The highest BCUT2D eigenvalue weighted by Gasteiger charge is 2.19. The third-order valence-corrected chi connectivity index (χ3v) is 3.52. The zero-order valence-electron chi connectivity index (χ0n) is 12.7. The molecule has 1 heterocycles. The van der Waals surface area contributed by atoms with Crippen molar-refractivity contribution in [3.8, 4) is 11.1 Å². The number of hydrogen-bond donors (Lipinski definition) is 1. The van der Waals surface area contributed by atoms with Crippen molar-refractivity contribution in [1.29, 1.82) is 0 Å². The number of esters is 1. The fourth-order valence-corrected chi connectivity index (χ4v) is 2.28. The summed E-state index contributed by atoms with van der Waals surface area (Å²) in [6, 6.07) is 17.9. The molecule has 5 heteroatoms. The number of rotatable bonds is 4. The van der Waals surface area contributed by atoms with Crippen LogP contribution in [0, 0.1) is 6.92 Å². The van der Waals surface area contributed by atoms with E-state index >= 15 is 0 Å². The van der Waals surface area contributed by atoms with Gasteiger partial charge in [0.15, 0.2) is 0 Å². The molecule has 0 bridgehead atoms. The van der Waals surface area contributed by atoms with E-state index in [0.29, 0.717) is 5.69 Å². The maximum absolute atomic E-state index is 12.0. The molecule has 0 saturated heterocycles. The Balaban J connectivity index is 1.66. The molecule has 3 rings (SSSR count). The standard InChI is InChI=1S/C18H16N2O3/c1-12-16(17(19)23-20-12)18(21)22-11-13-7-9-15(10-8-13)14-5-3-2-4-6-14/h2-10H,11,19H2,1H3. The summed E-state index contributed by atoms with van der Waals surface area (Å²) in [6.45, 7) is 1.81. The molecular weight excluding hydrogens is 292 g/mol. The Morgan fingerprint density at radius 2 is 1.74 bits per heavy atom. The van der Waals surface area contributed by atoms with Crippen LogP contribution in [0.25, 0.3) is 11.1 Å². The molecule has 0 aliphatic heterocycles. The highest BCUT2D eigenvalue weighted by atomic mass is 16.5. The van der Waals surface area contributed by atoms with Crippen LogP contribution in [-0.2, 0) is 11.3 Å². The number of carbonyl (C=O) groups excluding carboxylic acids is 1. The van der Waals surface area contributed by atoms with E-state index in [1.165, 1.54) is 0 Å². The van der Waals surface area contributed by atoms with Crippen LogP contribution in [0.5, 0.6) is 0 Å². The molecule has 116 valence electrons. The molecule has 23 heavy (non-hydrogen) atoms. The van der Waals surface area contributed by atoms with Crippen molar-refractivity contribution in [2.75, 3.05) is 5.73 Å². The van der Waals surface area contributed by atoms with E-state index in [1.807, 2.05) is 54.6 Å². The molecule has 2 N–H and O–H groups in total. The fraction of sp³-hybridized carbons (Fsp3) is 0.111. The van der Waals surface area contributed by atoms with Crippen molar-refractivity contribution >= 4 is 11.9 Å². The number of aromatic nitrogens is 1. The topological polar surface area (TPSA) is 78.4 Å². The predicted octanol–water partition coefficient (Wildman–Crippen LogP) is 3.59. The van der Waals surface area contributed by atoms with Crippen molar-refractivity contribution in [2.24, 2.45) is 0 Å². The summed E-state index contributed by atoms with van der Waals surface area (Å²) in [4.78, 5) is 12.0. The van der Waals surface area contributed by atoms with E-state index in [0.717, 1.165) is 16.7 Å². The van der Waals surface area contributed by atoms with Gasteiger partial charge < -0.3 is 15.0 Å². The van der Waals surface area contributed by atoms with Crippen molar-refractivity contribution in [3.63, 3.8) is 0 Å². The summed E-state index contributed by atoms with van der Waals surface area (Å²) in [5.74, 6) is -0.555. The second-order valence-electron chi connectivity index (χ2n) is 5.15. The first-order chi connectivity index (χ1) is 11.1. The predicted molar refractivity (Wildman–Crippen MR) is 86.6 cm³/mol. The van der Waals surface area contributed by atoms with Gasteiger partial charge in [-0.15, -0.1) is 0 Å². The minimum atomic E-state index is -0.534. The Bertz CT molecular complexity index is 789. The second kappa shape index (κ2) is 6.36. The number of carbonyl (C=O) groups is 1. The lowest BCUT2D eigenvalue weighted by atomic mass is 10.0. The largest absolute Gasteiger partial charge is 0.457 e. The van der Waals surface area contributed by atoms with Gasteiger partial charge in [0.05, 0.1) is 5.69 Å². The van der Waals surface area contributed by atoms with Gasteiger partial charge in [0.25, 0.3) is 0 Å². The molecule has 3 aromatic rings. The van der Waals surface area contributed by atoms with Gasteiger partial charge in [0.1, 0.15) is 12.2 Å². The third kappa shape index (κ3) is 3.23. The summed E-state index contributed by atoms with van der Waals surface area (Å²) in [6.07, 6.45) is 0. The second-order valence-corrected chi connectivity index (χ2v) is 5.15. The molecule has 0 spiro atoms. The first-order valence-corrected chi connectivity index (χ1v) is 7.18. The van der Waals surface area contributed by atoms with Crippen LogP contribution in [0.2, 0.25) is 0 Å². The molecule has 2 aromatic carbocycles. The lowest BCUT2D eigenvalue weighted by Crippen LogP contribution is -2.08. The summed E-state index contributed by atoms with van der Waals surface area (Å²) in [5.41, 5.74) is 9.32. The number of nitrogens with zero attached hydrogens (tertiary/aromatic N) is 1. The first-order valence-electron chi connectivity index (χ1n) is 7.18. The number of benzene rings is 2. The van der Waals surface area contributed by atoms with Crippen LogP contribution < -0.4 is 5.73 Å². The summed E-state index contributed by atoms with van der Waals surface area (Å²) >= 11 is 0. The Morgan fingerprint density at radius 3 is 2.35 bits per heavy atom. The van der Waals surface area contributed by atoms with Gasteiger partial charge in [-0.25, -0.2) is 4.79 Å². The summed E-state index contributed by atoms with van der Waals surface area (Å²) in [5, 5.41) is 3.64. The van der Waals surface area contributed by atoms with Crippen LogP contribution in [-0.4, -0.2) is 11.1 Å². The van der Waals surface area contributed by atoms with Crippen LogP contribution in [0.1, 0.15) is 21.6 Å². The molecule has 0 radical (unpaired) electrons. The maximum atomic E-state index is 12.0. The van der Waals surface area contributed by atoms with Crippen molar-refractivity contribution < 1.29 is 14.1 Å². The van der Waals surface area contributed by atoms with Crippen molar-refractivity contribution in [2.45, 2.75) is 13.5 Å². The summed E-state index contributed by atoms with van der Waals surface area (Å²) in [7, 11) is 0. The number of nitrogens with two attached hydrogens (primary N) is 1. The van der Waals surface area contributed by atoms with E-state index < -0.39 is 5.97 Å². The van der Waals surface area contributed by atoms with Gasteiger partial charge in [0.2, 0.25) is 5.88 Å². The molecule has 0 amide bonds. The van der Waals surface area contributed by atoms with Crippen LogP contribution >= 0.6 is 0 Å². The van der Waals surface area contributed by atoms with E-state index in [1.54, 1.807) is 6.92 Å². The number of aryl methyl sites for hydroxylation is 1. The van der Waals surface area contributed by atoms with E-state index in [2.05, 4.69) is 5.16 Å². The average Bonchev–Trinajstić information content (AvgIpc) is 2.93. The molecule has 1 aromatic heterocycles. The van der Waals surface area contributed by atoms with Gasteiger partial charge in [-0.3, -0.25) is 0 Å². The Morgan fingerprint density at radius 1 is 1.09 bits per heavy atom. The van der Waals surface area contributed by atoms with E-state index in [-0.39, 0.29) is 18.1 Å². The van der Waals surface area contributed by atoms with Crippen molar-refractivity contribution in [1.82, 2.24) is 5.16 Å². The Hall–Kier alpha value is -3.08. The van der Waals surface area contributed by atoms with E-state index in [4.69, 9.17) is 15.0 Å². The third-order valence-electron chi connectivity index (χ3n) is 3.52. The number of anilines is 1. The van der Waals surface area contributed by atoms with Crippen molar-refractivity contribution in [3.05, 3.63) is 71.4 Å². The van der Waals surface area contributed by atoms with E-state index in [9.17, 15) is 4.79 Å². The van der Waals surface area contributed by atoms with Gasteiger partial charge in [-0.2, -0.15) is 0 Å². The molecule has 0 fully saturated rings. The molecule has 0 saturated carbocycles. The van der Waals surface area contributed by atoms with Gasteiger partial charge >= 0.3 is 5.97 Å². The molecule has 0 aliphatic rings. The van der Waals surface area contributed by atoms with Gasteiger partial charge in [-0.1, -0.05) is 59.8 Å². The minimum absolute atomic E-state index is 0.0214. The molecular formula is C18H16N2O3. The number of ether oxygens (including phenoxy) is 1. The molecule has 0 unspecified atom stereocenters.